The lowest BCUT2D eigenvalue weighted by atomic mass is 9.92. The molecule has 0 bridgehead atoms. The minimum Gasteiger partial charge on any atom is -0.497 e. The first-order valence-corrected chi connectivity index (χ1v) is 15.0. The number of anilines is 3. The van der Waals surface area contributed by atoms with E-state index < -0.39 is 21.5 Å². The molecule has 1 aliphatic heterocycles. The molecule has 0 amide bonds. The van der Waals surface area contributed by atoms with Gasteiger partial charge in [-0.15, -0.1) is 0 Å². The highest BCUT2D eigenvalue weighted by atomic mass is 32.2. The Bertz CT molecular complexity index is 1630. The number of ether oxygens (including phenoxy) is 2. The lowest BCUT2D eigenvalue weighted by Gasteiger charge is -2.42. The molecule has 0 saturated carbocycles. The van der Waals surface area contributed by atoms with Crippen LogP contribution in [0.25, 0.3) is 16.8 Å². The summed E-state index contributed by atoms with van der Waals surface area (Å²) in [5.41, 5.74) is 8.34. The first-order chi connectivity index (χ1) is 19.5. The van der Waals surface area contributed by atoms with Crippen LogP contribution < -0.4 is 20.7 Å². The van der Waals surface area contributed by atoms with Crippen LogP contribution in [0.2, 0.25) is 0 Å². The van der Waals surface area contributed by atoms with E-state index in [2.05, 4.69) is 25.3 Å². The van der Waals surface area contributed by atoms with Crippen molar-refractivity contribution in [3.05, 3.63) is 60.6 Å². The number of imidazole rings is 1. The van der Waals surface area contributed by atoms with Crippen molar-refractivity contribution in [2.45, 2.75) is 19.1 Å². The maximum absolute atomic E-state index is 14.8. The van der Waals surface area contributed by atoms with Crippen molar-refractivity contribution in [2.24, 2.45) is 11.7 Å². The minimum atomic E-state index is -3.13. The van der Waals surface area contributed by atoms with Crippen molar-refractivity contribution in [3.8, 4) is 17.0 Å². The zero-order chi connectivity index (χ0) is 29.3. The molecule has 14 heteroatoms. The van der Waals surface area contributed by atoms with E-state index >= 15 is 0 Å². The molecule has 1 fully saturated rings. The molecular weight excluding hydrogens is 556 g/mol. The summed E-state index contributed by atoms with van der Waals surface area (Å²) in [6, 6.07) is 6.89. The van der Waals surface area contributed by atoms with Crippen molar-refractivity contribution in [3.63, 3.8) is 0 Å². The number of halogens is 2. The van der Waals surface area contributed by atoms with Crippen molar-refractivity contribution in [1.82, 2.24) is 19.6 Å². The van der Waals surface area contributed by atoms with E-state index in [1.54, 1.807) is 24.7 Å². The highest BCUT2D eigenvalue weighted by Crippen LogP contribution is 2.33. The Morgan fingerprint density at radius 1 is 1.15 bits per heavy atom. The lowest BCUT2D eigenvalue weighted by Crippen LogP contribution is -2.57. The van der Waals surface area contributed by atoms with Gasteiger partial charge in [-0.1, -0.05) is 6.92 Å². The third-order valence-corrected chi connectivity index (χ3v) is 7.87. The van der Waals surface area contributed by atoms with Crippen LogP contribution in [-0.2, 0) is 14.6 Å². The molecule has 1 aromatic carbocycles. The number of nitrogens with zero attached hydrogens (tertiary/aromatic N) is 5. The maximum Gasteiger partial charge on any atom is 0.229 e. The van der Waals surface area contributed by atoms with Crippen LogP contribution in [0, 0.1) is 17.6 Å². The average molecular weight is 588 g/mol. The van der Waals surface area contributed by atoms with E-state index in [9.17, 15) is 17.2 Å². The van der Waals surface area contributed by atoms with Gasteiger partial charge in [-0.2, -0.15) is 9.61 Å². The monoisotopic (exact) mass is 587 g/mol. The molecule has 3 atom stereocenters. The number of hydrogen-bond acceptors (Lipinski definition) is 10. The summed E-state index contributed by atoms with van der Waals surface area (Å²) in [6.45, 7) is 3.18. The number of sulfone groups is 1. The number of pyridine rings is 1. The maximum atomic E-state index is 14.8. The fraction of sp³-hybridized carbons (Fsp3) is 0.370. The van der Waals surface area contributed by atoms with Gasteiger partial charge in [0.2, 0.25) is 5.95 Å². The fourth-order valence-electron chi connectivity index (χ4n) is 5.02. The van der Waals surface area contributed by atoms with Gasteiger partial charge >= 0.3 is 0 Å². The van der Waals surface area contributed by atoms with Crippen LogP contribution in [-0.4, -0.2) is 79.0 Å². The average Bonchev–Trinajstić information content (AvgIpc) is 3.31. The second kappa shape index (κ2) is 11.5. The zero-order valence-electron chi connectivity index (χ0n) is 22.8. The summed E-state index contributed by atoms with van der Waals surface area (Å²) < 4.78 is 64.8. The Morgan fingerprint density at radius 3 is 2.59 bits per heavy atom. The van der Waals surface area contributed by atoms with E-state index in [1.807, 2.05) is 13.0 Å². The van der Waals surface area contributed by atoms with Gasteiger partial charge in [-0.25, -0.2) is 22.2 Å². The number of methoxy groups -OCH3 is 1. The molecule has 3 N–H and O–H groups in total. The molecular formula is C27H31F2N7O4S. The van der Waals surface area contributed by atoms with Crippen LogP contribution in [0.15, 0.2) is 48.9 Å². The van der Waals surface area contributed by atoms with Crippen LogP contribution in [0.5, 0.6) is 5.75 Å². The van der Waals surface area contributed by atoms with Gasteiger partial charge in [0.15, 0.2) is 0 Å². The number of rotatable bonds is 9. The van der Waals surface area contributed by atoms with E-state index in [0.29, 0.717) is 30.2 Å². The molecule has 4 aromatic rings. The molecule has 218 valence electrons. The van der Waals surface area contributed by atoms with E-state index in [4.69, 9.17) is 15.2 Å². The third kappa shape index (κ3) is 6.24. The predicted octanol–water partition coefficient (Wildman–Crippen LogP) is 3.03. The van der Waals surface area contributed by atoms with Gasteiger partial charge < -0.3 is 25.4 Å². The molecule has 1 aliphatic rings. The molecule has 0 spiro atoms. The van der Waals surface area contributed by atoms with Crippen LogP contribution in [0.1, 0.15) is 6.92 Å². The molecule has 5 rings (SSSR count). The van der Waals surface area contributed by atoms with Crippen LogP contribution in [0.4, 0.5) is 26.1 Å². The fourth-order valence-corrected chi connectivity index (χ4v) is 5.42. The van der Waals surface area contributed by atoms with Gasteiger partial charge in [0.25, 0.3) is 0 Å². The Hall–Kier alpha value is -3.88. The number of fused-ring (bicyclic) bond motifs is 1. The molecule has 1 saturated heterocycles. The molecule has 0 radical (unpaired) electrons. The summed E-state index contributed by atoms with van der Waals surface area (Å²) in [7, 11) is -1.80. The quantitative estimate of drug-likeness (QED) is 0.301. The number of benzene rings is 1. The van der Waals surface area contributed by atoms with Gasteiger partial charge in [0.1, 0.15) is 27.2 Å². The van der Waals surface area contributed by atoms with Crippen molar-refractivity contribution in [2.75, 3.05) is 49.0 Å². The summed E-state index contributed by atoms with van der Waals surface area (Å²) in [5, 5.41) is 7.71. The SMILES string of the molecule is COc1cc(F)c(-c2ccc3cnc(Nc4cnccc4N4C[C@@H](N)[C@@H](OCCS(C)(=O)=O)[C@@H](C)C4)n3n2)c(F)c1. The van der Waals surface area contributed by atoms with Gasteiger partial charge in [0, 0.05) is 49.6 Å². The molecule has 41 heavy (non-hydrogen) atoms. The number of nitrogens with two attached hydrogens (primary N) is 1. The highest BCUT2D eigenvalue weighted by molar-refractivity contribution is 7.90. The molecule has 0 unspecified atom stereocenters. The number of hydrogen-bond donors (Lipinski definition) is 2. The summed E-state index contributed by atoms with van der Waals surface area (Å²) in [6.07, 6.45) is 5.79. The number of aromatic nitrogens is 4. The van der Waals surface area contributed by atoms with Crippen molar-refractivity contribution in [1.29, 1.82) is 0 Å². The van der Waals surface area contributed by atoms with Gasteiger partial charge in [-0.3, -0.25) is 4.98 Å². The Labute approximate surface area is 236 Å². The number of nitrogens with one attached hydrogen (secondary N) is 1. The first-order valence-electron chi connectivity index (χ1n) is 12.9. The predicted molar refractivity (Wildman–Crippen MR) is 151 cm³/mol. The van der Waals surface area contributed by atoms with E-state index in [-0.39, 0.29) is 47.4 Å². The van der Waals surface area contributed by atoms with E-state index in [0.717, 1.165) is 17.8 Å². The van der Waals surface area contributed by atoms with Gasteiger partial charge in [0.05, 0.1) is 66.1 Å². The largest absolute Gasteiger partial charge is 0.497 e. The number of piperidine rings is 1. The van der Waals surface area contributed by atoms with E-state index in [1.165, 1.54) is 23.9 Å². The highest BCUT2D eigenvalue weighted by Gasteiger charge is 2.34. The van der Waals surface area contributed by atoms with Crippen LogP contribution >= 0.6 is 0 Å². The van der Waals surface area contributed by atoms with Gasteiger partial charge in [-0.05, 0) is 18.2 Å². The Kier molecular flexibility index (Phi) is 8.07. The molecule has 3 aromatic heterocycles. The van der Waals surface area contributed by atoms with Crippen molar-refractivity contribution >= 4 is 32.7 Å². The lowest BCUT2D eigenvalue weighted by molar-refractivity contribution is 0.00183. The summed E-state index contributed by atoms with van der Waals surface area (Å²) >= 11 is 0. The smallest absolute Gasteiger partial charge is 0.229 e. The van der Waals surface area contributed by atoms with Crippen molar-refractivity contribution < 1.29 is 26.7 Å². The Morgan fingerprint density at radius 2 is 1.90 bits per heavy atom. The normalized spacial score (nSPS) is 19.5. The topological polar surface area (TPSA) is 137 Å². The summed E-state index contributed by atoms with van der Waals surface area (Å²) in [4.78, 5) is 10.8. The zero-order valence-corrected chi connectivity index (χ0v) is 23.6. The Balaban J connectivity index is 1.39. The minimum absolute atomic E-state index is 0.0186. The standard InChI is InChI=1S/C27H31F2N7O4S/c1-16-14-35(15-21(30)26(16)40-8-9-41(3,37)38)24-6-7-31-13-23(24)33-27-32-12-17-4-5-22(34-36(17)27)25-19(28)10-18(39-2)11-20(25)29/h4-7,10-13,16,21,26H,8-9,14-15,30H2,1-3H3,(H,32,33)/t16-,21+,26-/m0/s1. The first kappa shape index (κ1) is 28.6. The molecule has 11 nitrogen and oxygen atoms in total. The summed E-state index contributed by atoms with van der Waals surface area (Å²) in [5.74, 6) is -1.25. The molecule has 4 heterocycles. The molecule has 0 aliphatic carbocycles. The third-order valence-electron chi connectivity index (χ3n) is 6.96. The second-order valence-electron chi connectivity index (χ2n) is 10.1. The van der Waals surface area contributed by atoms with Crippen LogP contribution in [0.3, 0.4) is 0 Å². The second-order valence-corrected chi connectivity index (χ2v) is 12.4.